The average Bonchev–Trinajstić information content (AvgIpc) is 1.89. The van der Waals surface area contributed by atoms with Crippen LogP contribution < -0.4 is 0 Å². The number of Topliss-reactive ketones (excluding diaryl/α,β-unsaturated/α-hetero) is 1. The summed E-state index contributed by atoms with van der Waals surface area (Å²) >= 11 is 0. The third-order valence-corrected chi connectivity index (χ3v) is 1.62. The maximum Gasteiger partial charge on any atom is 0.161 e. The first-order valence-corrected chi connectivity index (χ1v) is 3.49. The van der Waals surface area contributed by atoms with Gasteiger partial charge in [0.2, 0.25) is 0 Å². The van der Waals surface area contributed by atoms with Crippen molar-refractivity contribution >= 4 is 5.78 Å². The smallest absolute Gasteiger partial charge is 0.161 e. The van der Waals surface area contributed by atoms with Gasteiger partial charge in [0.25, 0.3) is 0 Å². The molecule has 1 saturated heterocycles. The van der Waals surface area contributed by atoms with E-state index in [-0.39, 0.29) is 11.9 Å². The summed E-state index contributed by atoms with van der Waals surface area (Å²) in [5.41, 5.74) is 0. The van der Waals surface area contributed by atoms with Gasteiger partial charge in [-0.3, -0.25) is 4.79 Å². The van der Waals surface area contributed by atoms with Gasteiger partial charge in [0.1, 0.15) is 6.10 Å². The van der Waals surface area contributed by atoms with Crippen LogP contribution in [0.3, 0.4) is 0 Å². The third kappa shape index (κ3) is 1.52. The summed E-state index contributed by atoms with van der Waals surface area (Å²) in [7, 11) is 0. The van der Waals surface area contributed by atoms with Crippen LogP contribution in [-0.4, -0.2) is 18.5 Å². The highest BCUT2D eigenvalue weighted by Crippen LogP contribution is 2.10. The molecule has 52 valence electrons. The molecule has 0 aromatic heterocycles. The Bertz CT molecular complexity index is 109. The van der Waals surface area contributed by atoms with Crippen LogP contribution >= 0.6 is 0 Å². The molecule has 0 aromatic rings. The predicted molar refractivity (Wildman–Crippen MR) is 34.3 cm³/mol. The molecule has 0 radical (unpaired) electrons. The highest BCUT2D eigenvalue weighted by atomic mass is 16.5. The topological polar surface area (TPSA) is 26.3 Å². The molecule has 1 atom stereocenters. The summed E-state index contributed by atoms with van der Waals surface area (Å²) in [4.78, 5) is 10.9. The molecule has 0 spiro atoms. The maximum absolute atomic E-state index is 10.9. The number of hydrogen-bond donors (Lipinski definition) is 0. The third-order valence-electron chi connectivity index (χ3n) is 1.62. The van der Waals surface area contributed by atoms with Gasteiger partial charge in [0, 0.05) is 13.0 Å². The lowest BCUT2D eigenvalue weighted by Crippen LogP contribution is -2.28. The van der Waals surface area contributed by atoms with Crippen LogP contribution in [0.2, 0.25) is 0 Å². The van der Waals surface area contributed by atoms with E-state index in [0.29, 0.717) is 0 Å². The molecule has 1 heterocycles. The quantitative estimate of drug-likeness (QED) is 0.529. The summed E-state index contributed by atoms with van der Waals surface area (Å²) in [6.07, 6.45) is 2.38. The fraction of sp³-hybridized carbons (Fsp3) is 0.857. The Morgan fingerprint density at radius 3 is 3.00 bits per heavy atom. The van der Waals surface area contributed by atoms with Crippen molar-refractivity contribution in [1.82, 2.24) is 0 Å². The lowest BCUT2D eigenvalue weighted by molar-refractivity contribution is -0.135. The Morgan fingerprint density at radius 1 is 1.78 bits per heavy atom. The highest BCUT2D eigenvalue weighted by molar-refractivity contribution is 5.83. The molecule has 2 nitrogen and oxygen atoms in total. The molecular weight excluding hydrogens is 116 g/mol. The van der Waals surface area contributed by atoms with Crippen molar-refractivity contribution in [1.29, 1.82) is 0 Å². The summed E-state index contributed by atoms with van der Waals surface area (Å²) in [6.45, 7) is 2.75. The maximum atomic E-state index is 10.9. The molecule has 0 bridgehead atoms. The Labute approximate surface area is 55.2 Å². The first kappa shape index (κ1) is 6.75. The van der Waals surface area contributed by atoms with Gasteiger partial charge in [0.05, 0.1) is 0 Å². The number of ether oxygens (including phenoxy) is 1. The molecule has 0 amide bonds. The first-order valence-electron chi connectivity index (χ1n) is 3.49. The number of ketones is 1. The molecule has 0 aliphatic carbocycles. The van der Waals surface area contributed by atoms with Gasteiger partial charge in [0.15, 0.2) is 5.78 Å². The lowest BCUT2D eigenvalue weighted by atomic mass is 10.1. The average molecular weight is 128 g/mol. The van der Waals surface area contributed by atoms with Crippen LogP contribution in [0.1, 0.15) is 26.2 Å². The predicted octanol–water partition coefficient (Wildman–Crippen LogP) is 1.14. The van der Waals surface area contributed by atoms with E-state index in [2.05, 4.69) is 0 Å². The second-order valence-corrected chi connectivity index (χ2v) is 2.34. The van der Waals surface area contributed by atoms with Crippen LogP contribution in [0.15, 0.2) is 0 Å². The second-order valence-electron chi connectivity index (χ2n) is 2.34. The molecule has 0 unspecified atom stereocenters. The Hall–Kier alpha value is -0.370. The van der Waals surface area contributed by atoms with Crippen molar-refractivity contribution in [2.24, 2.45) is 0 Å². The Balaban J connectivity index is 2.39. The van der Waals surface area contributed by atoms with Gasteiger partial charge in [-0.2, -0.15) is 0 Å². The van der Waals surface area contributed by atoms with Crippen LogP contribution in [0.5, 0.6) is 0 Å². The van der Waals surface area contributed by atoms with Crippen molar-refractivity contribution in [3.05, 3.63) is 0 Å². The fourth-order valence-electron chi connectivity index (χ4n) is 1.07. The van der Waals surface area contributed by atoms with Crippen molar-refractivity contribution < 1.29 is 9.53 Å². The highest BCUT2D eigenvalue weighted by Gasteiger charge is 2.20. The minimum atomic E-state index is -0.0845. The van der Waals surface area contributed by atoms with Gasteiger partial charge >= 0.3 is 0 Å². The lowest BCUT2D eigenvalue weighted by Gasteiger charge is -2.19. The SMILES string of the molecule is CC[C@H]1OCCCC1=O. The summed E-state index contributed by atoms with van der Waals surface area (Å²) in [5.74, 6) is 0.281. The molecular formula is C7H12O2. The monoisotopic (exact) mass is 128 g/mol. The van der Waals surface area contributed by atoms with Gasteiger partial charge in [-0.05, 0) is 12.8 Å². The minimum Gasteiger partial charge on any atom is -0.370 e. The molecule has 1 rings (SSSR count). The van der Waals surface area contributed by atoms with Gasteiger partial charge in [-0.1, -0.05) is 6.92 Å². The minimum absolute atomic E-state index is 0.0845. The van der Waals surface area contributed by atoms with Crippen LogP contribution in [0.25, 0.3) is 0 Å². The molecule has 1 aliphatic heterocycles. The molecule has 1 fully saturated rings. The van der Waals surface area contributed by atoms with Crippen molar-refractivity contribution in [3.63, 3.8) is 0 Å². The molecule has 0 N–H and O–H groups in total. The molecule has 0 aromatic carbocycles. The zero-order chi connectivity index (χ0) is 6.69. The van der Waals surface area contributed by atoms with E-state index in [4.69, 9.17) is 4.74 Å². The van der Waals surface area contributed by atoms with Crippen LogP contribution in [0, 0.1) is 0 Å². The van der Waals surface area contributed by atoms with Gasteiger partial charge < -0.3 is 4.74 Å². The fourth-order valence-corrected chi connectivity index (χ4v) is 1.07. The van der Waals surface area contributed by atoms with E-state index in [9.17, 15) is 4.79 Å². The van der Waals surface area contributed by atoms with Crippen molar-refractivity contribution in [2.75, 3.05) is 6.61 Å². The number of hydrogen-bond acceptors (Lipinski definition) is 2. The second kappa shape index (κ2) is 2.97. The molecule has 9 heavy (non-hydrogen) atoms. The zero-order valence-electron chi connectivity index (χ0n) is 5.72. The number of carbonyl (C=O) groups is 1. The Kier molecular flexibility index (Phi) is 2.22. The van der Waals surface area contributed by atoms with Crippen molar-refractivity contribution in [2.45, 2.75) is 32.3 Å². The van der Waals surface area contributed by atoms with E-state index in [1.54, 1.807) is 0 Å². The van der Waals surface area contributed by atoms with E-state index in [0.717, 1.165) is 25.9 Å². The van der Waals surface area contributed by atoms with Gasteiger partial charge in [-0.25, -0.2) is 0 Å². The molecule has 1 aliphatic rings. The van der Waals surface area contributed by atoms with Crippen LogP contribution in [0.4, 0.5) is 0 Å². The standard InChI is InChI=1S/C7H12O2/c1-2-7-6(8)4-3-5-9-7/h7H,2-5H2,1H3/t7-/m1/s1. The van der Waals surface area contributed by atoms with E-state index >= 15 is 0 Å². The van der Waals surface area contributed by atoms with E-state index < -0.39 is 0 Å². The molecule has 2 heteroatoms. The summed E-state index contributed by atoms with van der Waals surface area (Å²) < 4.78 is 5.19. The van der Waals surface area contributed by atoms with E-state index in [1.165, 1.54) is 0 Å². The zero-order valence-corrected chi connectivity index (χ0v) is 5.72. The number of rotatable bonds is 1. The van der Waals surface area contributed by atoms with Gasteiger partial charge in [-0.15, -0.1) is 0 Å². The normalized spacial score (nSPS) is 28.6. The molecule has 0 saturated carbocycles. The van der Waals surface area contributed by atoms with Crippen molar-refractivity contribution in [3.8, 4) is 0 Å². The summed E-state index contributed by atoms with van der Waals surface area (Å²) in [5, 5.41) is 0. The first-order chi connectivity index (χ1) is 4.34. The Morgan fingerprint density at radius 2 is 2.56 bits per heavy atom. The largest absolute Gasteiger partial charge is 0.370 e. The number of carbonyl (C=O) groups excluding carboxylic acids is 1. The van der Waals surface area contributed by atoms with Crippen LogP contribution in [-0.2, 0) is 9.53 Å². The summed E-state index contributed by atoms with van der Waals surface area (Å²) in [6, 6.07) is 0. The van der Waals surface area contributed by atoms with E-state index in [1.807, 2.05) is 6.92 Å².